The van der Waals surface area contributed by atoms with E-state index in [1.807, 2.05) is 0 Å². The Morgan fingerprint density at radius 2 is 1.84 bits per heavy atom. The molecular formula is C13H15N3O3. The Morgan fingerprint density at radius 3 is 2.37 bits per heavy atom. The van der Waals surface area contributed by atoms with Crippen molar-refractivity contribution in [2.45, 2.75) is 19.9 Å². The largest absolute Gasteiger partial charge is 0.398 e. The lowest BCUT2D eigenvalue weighted by Gasteiger charge is -2.19. The fraction of sp³-hybridized carbons (Fsp3) is 0.308. The maximum Gasteiger partial charge on any atom is 0.270 e. The van der Waals surface area contributed by atoms with Crippen molar-refractivity contribution < 1.29 is 14.4 Å². The number of rotatable bonds is 2. The Labute approximate surface area is 110 Å². The van der Waals surface area contributed by atoms with E-state index in [9.17, 15) is 14.4 Å². The van der Waals surface area contributed by atoms with E-state index >= 15 is 0 Å². The highest BCUT2D eigenvalue weighted by Crippen LogP contribution is 2.28. The topological polar surface area (TPSA) is 106 Å². The molecule has 19 heavy (non-hydrogen) atoms. The standard InChI is InChI=1S/C13H15N3O3/c1-6(2)10(15)13(19)16-11(17)7-4-3-5-8(14)9(7)12(16)18/h3-6,10H,14-15H2,1-2H3. The van der Waals surface area contributed by atoms with E-state index in [0.717, 1.165) is 0 Å². The molecule has 1 aliphatic heterocycles. The molecule has 0 radical (unpaired) electrons. The Balaban J connectivity index is 2.44. The van der Waals surface area contributed by atoms with Gasteiger partial charge in [-0.2, -0.15) is 0 Å². The first-order valence-electron chi connectivity index (χ1n) is 5.93. The maximum atomic E-state index is 12.1. The van der Waals surface area contributed by atoms with Crippen LogP contribution in [0.1, 0.15) is 34.6 Å². The van der Waals surface area contributed by atoms with Crippen LogP contribution in [0.15, 0.2) is 18.2 Å². The number of anilines is 1. The number of imide groups is 3. The van der Waals surface area contributed by atoms with Crippen molar-refractivity contribution >= 4 is 23.4 Å². The van der Waals surface area contributed by atoms with Crippen LogP contribution in [0, 0.1) is 5.92 Å². The van der Waals surface area contributed by atoms with Crippen molar-refractivity contribution in [1.29, 1.82) is 0 Å². The van der Waals surface area contributed by atoms with E-state index in [0.29, 0.717) is 4.90 Å². The van der Waals surface area contributed by atoms with Crippen LogP contribution >= 0.6 is 0 Å². The first kappa shape index (κ1) is 13.2. The highest BCUT2D eigenvalue weighted by atomic mass is 16.2. The molecule has 0 aliphatic carbocycles. The van der Waals surface area contributed by atoms with Gasteiger partial charge in [0, 0.05) is 5.69 Å². The second-order valence-electron chi connectivity index (χ2n) is 4.82. The molecule has 0 spiro atoms. The number of benzene rings is 1. The van der Waals surface area contributed by atoms with E-state index in [-0.39, 0.29) is 22.7 Å². The molecular weight excluding hydrogens is 246 g/mol. The number of amides is 3. The van der Waals surface area contributed by atoms with E-state index in [1.54, 1.807) is 19.9 Å². The van der Waals surface area contributed by atoms with Crippen LogP contribution in [-0.2, 0) is 4.79 Å². The van der Waals surface area contributed by atoms with Gasteiger partial charge in [-0.25, -0.2) is 4.90 Å². The monoisotopic (exact) mass is 261 g/mol. The van der Waals surface area contributed by atoms with Crippen LogP contribution in [0.25, 0.3) is 0 Å². The summed E-state index contributed by atoms with van der Waals surface area (Å²) in [7, 11) is 0. The molecule has 1 aliphatic rings. The van der Waals surface area contributed by atoms with Crippen LogP contribution < -0.4 is 11.5 Å². The molecule has 6 nitrogen and oxygen atoms in total. The van der Waals surface area contributed by atoms with Crippen molar-refractivity contribution in [2.75, 3.05) is 5.73 Å². The summed E-state index contributed by atoms with van der Waals surface area (Å²) in [5.74, 6) is -2.22. The van der Waals surface area contributed by atoms with Gasteiger partial charge < -0.3 is 11.5 Å². The number of carbonyl (C=O) groups is 3. The molecule has 1 aromatic carbocycles. The van der Waals surface area contributed by atoms with Gasteiger partial charge in [-0.15, -0.1) is 0 Å². The van der Waals surface area contributed by atoms with E-state index in [2.05, 4.69) is 0 Å². The van der Waals surface area contributed by atoms with Crippen molar-refractivity contribution in [2.24, 2.45) is 11.7 Å². The maximum absolute atomic E-state index is 12.1. The zero-order valence-corrected chi connectivity index (χ0v) is 10.7. The quantitative estimate of drug-likeness (QED) is 0.591. The van der Waals surface area contributed by atoms with Crippen molar-refractivity contribution in [3.63, 3.8) is 0 Å². The molecule has 100 valence electrons. The summed E-state index contributed by atoms with van der Waals surface area (Å²) in [4.78, 5) is 36.9. The fourth-order valence-corrected chi connectivity index (χ4v) is 1.95. The predicted molar refractivity (Wildman–Crippen MR) is 69.2 cm³/mol. The summed E-state index contributed by atoms with van der Waals surface area (Å²) >= 11 is 0. The molecule has 1 atom stereocenters. The van der Waals surface area contributed by atoms with Crippen LogP contribution in [-0.4, -0.2) is 28.7 Å². The Kier molecular flexibility index (Phi) is 3.11. The lowest BCUT2D eigenvalue weighted by Crippen LogP contribution is -2.48. The third kappa shape index (κ3) is 1.90. The Morgan fingerprint density at radius 1 is 1.21 bits per heavy atom. The van der Waals surface area contributed by atoms with Gasteiger partial charge in [0.1, 0.15) is 0 Å². The van der Waals surface area contributed by atoms with Crippen LogP contribution in [0.3, 0.4) is 0 Å². The molecule has 0 saturated heterocycles. The van der Waals surface area contributed by atoms with Gasteiger partial charge in [0.25, 0.3) is 17.7 Å². The number of fused-ring (bicyclic) bond motifs is 1. The van der Waals surface area contributed by atoms with Crippen LogP contribution in [0.4, 0.5) is 5.69 Å². The average Bonchev–Trinajstić information content (AvgIpc) is 2.61. The second-order valence-corrected chi connectivity index (χ2v) is 4.82. The summed E-state index contributed by atoms with van der Waals surface area (Å²) in [5, 5.41) is 0. The predicted octanol–water partition coefficient (Wildman–Crippen LogP) is 0.375. The molecule has 0 saturated carbocycles. The first-order chi connectivity index (χ1) is 8.86. The van der Waals surface area contributed by atoms with Gasteiger partial charge in [-0.3, -0.25) is 14.4 Å². The van der Waals surface area contributed by atoms with Gasteiger partial charge >= 0.3 is 0 Å². The van der Waals surface area contributed by atoms with Crippen molar-refractivity contribution in [3.8, 4) is 0 Å². The molecule has 2 rings (SSSR count). The molecule has 0 fully saturated rings. The summed E-state index contributed by atoms with van der Waals surface area (Å²) in [6.45, 7) is 3.49. The van der Waals surface area contributed by atoms with Gasteiger partial charge in [-0.05, 0) is 18.1 Å². The molecule has 1 unspecified atom stereocenters. The fourth-order valence-electron chi connectivity index (χ4n) is 1.95. The number of nitrogen functional groups attached to an aromatic ring is 1. The zero-order chi connectivity index (χ0) is 14.3. The number of hydrogen-bond donors (Lipinski definition) is 2. The van der Waals surface area contributed by atoms with Crippen molar-refractivity contribution in [1.82, 2.24) is 4.90 Å². The molecule has 0 aromatic heterocycles. The number of nitrogens with zero attached hydrogens (tertiary/aromatic N) is 1. The molecule has 6 heteroatoms. The summed E-state index contributed by atoms with van der Waals surface area (Å²) in [6.07, 6.45) is 0. The Hall–Kier alpha value is -2.21. The Bertz CT molecular complexity index is 580. The second kappa shape index (κ2) is 4.47. The normalized spacial score (nSPS) is 15.9. The van der Waals surface area contributed by atoms with Crippen LogP contribution in [0.2, 0.25) is 0 Å². The third-order valence-electron chi connectivity index (χ3n) is 3.17. The molecule has 1 aromatic rings. The molecule has 0 bridgehead atoms. The van der Waals surface area contributed by atoms with E-state index < -0.39 is 23.8 Å². The lowest BCUT2D eigenvalue weighted by molar-refractivity contribution is -0.128. The summed E-state index contributed by atoms with van der Waals surface area (Å²) in [5.41, 5.74) is 11.8. The minimum Gasteiger partial charge on any atom is -0.398 e. The minimum absolute atomic E-state index is 0.0804. The summed E-state index contributed by atoms with van der Waals surface area (Å²) in [6, 6.07) is 3.65. The molecule has 1 heterocycles. The van der Waals surface area contributed by atoms with Crippen molar-refractivity contribution in [3.05, 3.63) is 29.3 Å². The summed E-state index contributed by atoms with van der Waals surface area (Å²) < 4.78 is 0. The first-order valence-corrected chi connectivity index (χ1v) is 5.93. The van der Waals surface area contributed by atoms with Gasteiger partial charge in [0.15, 0.2) is 0 Å². The van der Waals surface area contributed by atoms with Gasteiger partial charge in [0.2, 0.25) is 0 Å². The van der Waals surface area contributed by atoms with Crippen LogP contribution in [0.5, 0.6) is 0 Å². The smallest absolute Gasteiger partial charge is 0.270 e. The minimum atomic E-state index is -0.900. The van der Waals surface area contributed by atoms with Gasteiger partial charge in [-0.1, -0.05) is 19.9 Å². The lowest BCUT2D eigenvalue weighted by atomic mass is 10.0. The highest BCUT2D eigenvalue weighted by Gasteiger charge is 2.43. The zero-order valence-electron chi connectivity index (χ0n) is 10.7. The number of hydrogen-bond acceptors (Lipinski definition) is 5. The number of nitrogens with two attached hydrogens (primary N) is 2. The molecule has 3 amide bonds. The SMILES string of the molecule is CC(C)C(N)C(=O)N1C(=O)c2cccc(N)c2C1=O. The number of carbonyl (C=O) groups excluding carboxylic acids is 3. The third-order valence-corrected chi connectivity index (χ3v) is 3.17. The van der Waals surface area contributed by atoms with E-state index in [1.165, 1.54) is 12.1 Å². The molecule has 4 N–H and O–H groups in total. The highest BCUT2D eigenvalue weighted by molar-refractivity contribution is 6.31. The average molecular weight is 261 g/mol. The van der Waals surface area contributed by atoms with E-state index in [4.69, 9.17) is 11.5 Å². The van der Waals surface area contributed by atoms with Gasteiger partial charge in [0.05, 0.1) is 17.2 Å².